The molecule has 0 aromatic carbocycles. The number of rotatable bonds is 5. The van der Waals surface area contributed by atoms with Gasteiger partial charge in [0.25, 0.3) is 0 Å². The number of amidine groups is 1. The summed E-state index contributed by atoms with van der Waals surface area (Å²) < 4.78 is 0. The molecule has 12 heavy (non-hydrogen) atoms. The Morgan fingerprint density at radius 1 is 1.58 bits per heavy atom. The number of likely N-dealkylation sites (N-methyl/N-ethyl adjacent to an activating group) is 1. The number of hydrogen-bond acceptors (Lipinski definition) is 3. The highest BCUT2D eigenvalue weighted by Crippen LogP contribution is 2.10. The van der Waals surface area contributed by atoms with Crippen molar-refractivity contribution in [3.05, 3.63) is 0 Å². The lowest BCUT2D eigenvalue weighted by Crippen LogP contribution is -2.45. The number of aliphatic hydroxyl groups is 1. The summed E-state index contributed by atoms with van der Waals surface area (Å²) >= 11 is 0. The zero-order valence-electron chi connectivity index (χ0n) is 8.09. The van der Waals surface area contributed by atoms with E-state index < -0.39 is 0 Å². The molecule has 0 radical (unpaired) electrons. The van der Waals surface area contributed by atoms with Gasteiger partial charge in [0.2, 0.25) is 0 Å². The van der Waals surface area contributed by atoms with Crippen molar-refractivity contribution in [2.24, 2.45) is 5.73 Å². The summed E-state index contributed by atoms with van der Waals surface area (Å²) in [4.78, 5) is 1.99. The van der Waals surface area contributed by atoms with Crippen LogP contribution in [-0.4, -0.2) is 41.6 Å². The average molecular weight is 173 g/mol. The van der Waals surface area contributed by atoms with Crippen LogP contribution in [0, 0.1) is 5.41 Å². The van der Waals surface area contributed by atoms with Gasteiger partial charge in [-0.3, -0.25) is 10.3 Å². The van der Waals surface area contributed by atoms with Gasteiger partial charge in [-0.25, -0.2) is 0 Å². The molecule has 0 aromatic rings. The van der Waals surface area contributed by atoms with Crippen molar-refractivity contribution in [2.45, 2.75) is 25.8 Å². The summed E-state index contributed by atoms with van der Waals surface area (Å²) in [5.74, 6) is 0.190. The first-order chi connectivity index (χ1) is 5.40. The van der Waals surface area contributed by atoms with Crippen LogP contribution in [-0.2, 0) is 0 Å². The summed E-state index contributed by atoms with van der Waals surface area (Å²) in [7, 11) is 1.92. The first kappa shape index (κ1) is 11.4. The highest BCUT2D eigenvalue weighted by Gasteiger charge is 2.21. The van der Waals surface area contributed by atoms with E-state index in [1.807, 2.05) is 25.8 Å². The predicted octanol–water partition coefficient (Wildman–Crippen LogP) is 0.0152. The van der Waals surface area contributed by atoms with E-state index in [0.29, 0.717) is 13.0 Å². The van der Waals surface area contributed by atoms with Gasteiger partial charge in [-0.15, -0.1) is 0 Å². The summed E-state index contributed by atoms with van der Waals surface area (Å²) in [6.45, 7) is 4.73. The Morgan fingerprint density at radius 3 is 2.42 bits per heavy atom. The highest BCUT2D eigenvalue weighted by molar-refractivity contribution is 5.76. The maximum Gasteiger partial charge on any atom is 0.0918 e. The van der Waals surface area contributed by atoms with Crippen LogP contribution < -0.4 is 5.73 Å². The summed E-state index contributed by atoms with van der Waals surface area (Å²) in [5, 5.41) is 16.0. The van der Waals surface area contributed by atoms with Gasteiger partial charge in [-0.2, -0.15) is 0 Å². The van der Waals surface area contributed by atoms with Gasteiger partial charge in [0.05, 0.1) is 12.4 Å². The first-order valence-corrected chi connectivity index (χ1v) is 4.05. The molecule has 0 rings (SSSR count). The second-order valence-electron chi connectivity index (χ2n) is 3.67. The fourth-order valence-electron chi connectivity index (χ4n) is 0.712. The SMILES string of the molecule is CN(CCC(=N)N)C(C)(C)CO. The molecule has 0 bridgehead atoms. The minimum Gasteiger partial charge on any atom is -0.394 e. The van der Waals surface area contributed by atoms with Crippen molar-refractivity contribution in [1.29, 1.82) is 5.41 Å². The molecule has 4 N–H and O–H groups in total. The molecule has 0 aliphatic carbocycles. The van der Waals surface area contributed by atoms with Gasteiger partial charge in [0, 0.05) is 18.5 Å². The zero-order valence-corrected chi connectivity index (χ0v) is 8.09. The van der Waals surface area contributed by atoms with Gasteiger partial charge in [0.15, 0.2) is 0 Å². The third kappa shape index (κ3) is 3.69. The summed E-state index contributed by atoms with van der Waals surface area (Å²) in [6.07, 6.45) is 0.555. The van der Waals surface area contributed by atoms with Crippen LogP contribution in [0.4, 0.5) is 0 Å². The number of nitrogens with one attached hydrogen (secondary N) is 1. The molecule has 0 saturated carbocycles. The van der Waals surface area contributed by atoms with E-state index in [-0.39, 0.29) is 18.0 Å². The van der Waals surface area contributed by atoms with E-state index in [1.165, 1.54) is 0 Å². The summed E-state index contributed by atoms with van der Waals surface area (Å²) in [6, 6.07) is 0. The average Bonchev–Trinajstić information content (AvgIpc) is 2.00. The van der Waals surface area contributed by atoms with Crippen LogP contribution in [0.3, 0.4) is 0 Å². The van der Waals surface area contributed by atoms with Crippen LogP contribution in [0.5, 0.6) is 0 Å². The monoisotopic (exact) mass is 173 g/mol. The van der Waals surface area contributed by atoms with E-state index in [0.717, 1.165) is 0 Å². The van der Waals surface area contributed by atoms with Crippen molar-refractivity contribution in [1.82, 2.24) is 4.90 Å². The highest BCUT2D eigenvalue weighted by atomic mass is 16.3. The standard InChI is InChI=1S/C8H19N3O/c1-8(2,6-12)11(3)5-4-7(9)10/h12H,4-6H2,1-3H3,(H3,9,10). The van der Waals surface area contributed by atoms with Crippen LogP contribution in [0.25, 0.3) is 0 Å². The summed E-state index contributed by atoms with van der Waals surface area (Å²) in [5.41, 5.74) is 4.99. The Hall–Kier alpha value is -0.610. The van der Waals surface area contributed by atoms with Crippen molar-refractivity contribution in [2.75, 3.05) is 20.2 Å². The predicted molar refractivity (Wildman–Crippen MR) is 50.3 cm³/mol. The molecule has 0 heterocycles. The minimum atomic E-state index is -0.227. The third-order valence-corrected chi connectivity index (χ3v) is 2.14. The van der Waals surface area contributed by atoms with E-state index in [4.69, 9.17) is 16.2 Å². The van der Waals surface area contributed by atoms with Crippen molar-refractivity contribution in [3.8, 4) is 0 Å². The van der Waals surface area contributed by atoms with Gasteiger partial charge < -0.3 is 10.8 Å². The van der Waals surface area contributed by atoms with Gasteiger partial charge in [-0.1, -0.05) is 0 Å². The van der Waals surface area contributed by atoms with Crippen LogP contribution in [0.2, 0.25) is 0 Å². The number of aliphatic hydroxyl groups excluding tert-OH is 1. The molecule has 4 heteroatoms. The maximum absolute atomic E-state index is 9.00. The van der Waals surface area contributed by atoms with E-state index in [1.54, 1.807) is 0 Å². The fraction of sp³-hybridized carbons (Fsp3) is 0.875. The molecule has 0 aliphatic heterocycles. The lowest BCUT2D eigenvalue weighted by Gasteiger charge is -2.33. The van der Waals surface area contributed by atoms with Gasteiger partial charge >= 0.3 is 0 Å². The molecule has 0 aromatic heterocycles. The molecule has 0 amide bonds. The smallest absolute Gasteiger partial charge is 0.0918 e. The molecule has 72 valence electrons. The van der Waals surface area contributed by atoms with Crippen molar-refractivity contribution in [3.63, 3.8) is 0 Å². The van der Waals surface area contributed by atoms with Crippen LogP contribution >= 0.6 is 0 Å². The molecule has 0 atom stereocenters. The molecule has 0 fully saturated rings. The van der Waals surface area contributed by atoms with Gasteiger partial charge in [0.1, 0.15) is 0 Å². The van der Waals surface area contributed by atoms with E-state index >= 15 is 0 Å². The molecular weight excluding hydrogens is 154 g/mol. The second-order valence-corrected chi connectivity index (χ2v) is 3.67. The first-order valence-electron chi connectivity index (χ1n) is 4.05. The second kappa shape index (κ2) is 4.42. The zero-order chi connectivity index (χ0) is 9.78. The molecule has 0 spiro atoms. The number of hydrogen-bond donors (Lipinski definition) is 3. The molecule has 0 saturated heterocycles. The van der Waals surface area contributed by atoms with E-state index in [2.05, 4.69) is 0 Å². The number of nitrogens with zero attached hydrogens (tertiary/aromatic N) is 1. The van der Waals surface area contributed by atoms with Crippen molar-refractivity contribution >= 4 is 5.84 Å². The van der Waals surface area contributed by atoms with Crippen LogP contribution in [0.15, 0.2) is 0 Å². The Labute approximate surface area is 73.9 Å². The minimum absolute atomic E-state index is 0.113. The van der Waals surface area contributed by atoms with Crippen LogP contribution in [0.1, 0.15) is 20.3 Å². The Bertz CT molecular complexity index is 156. The van der Waals surface area contributed by atoms with Gasteiger partial charge in [-0.05, 0) is 20.9 Å². The molecule has 0 aliphatic rings. The maximum atomic E-state index is 9.00. The molecule has 0 unspecified atom stereocenters. The normalized spacial score (nSPS) is 12.1. The topological polar surface area (TPSA) is 73.3 Å². The molecule has 4 nitrogen and oxygen atoms in total. The quantitative estimate of drug-likeness (QED) is 0.405. The Balaban J connectivity index is 3.86. The van der Waals surface area contributed by atoms with Crippen molar-refractivity contribution < 1.29 is 5.11 Å². The molecular formula is C8H19N3O. The lowest BCUT2D eigenvalue weighted by atomic mass is 10.1. The largest absolute Gasteiger partial charge is 0.394 e. The van der Waals surface area contributed by atoms with E-state index in [9.17, 15) is 0 Å². The number of nitrogens with two attached hydrogens (primary N) is 1. The third-order valence-electron chi connectivity index (χ3n) is 2.14. The Kier molecular flexibility index (Phi) is 4.20. The lowest BCUT2D eigenvalue weighted by molar-refractivity contribution is 0.0813. The Morgan fingerprint density at radius 2 is 2.08 bits per heavy atom. The fourth-order valence-corrected chi connectivity index (χ4v) is 0.712.